The molecule has 0 atom stereocenters. The van der Waals surface area contributed by atoms with E-state index in [1.807, 2.05) is 12.1 Å². The molecule has 5 nitrogen and oxygen atoms in total. The van der Waals surface area contributed by atoms with E-state index in [0.717, 1.165) is 5.56 Å². The van der Waals surface area contributed by atoms with Crippen molar-refractivity contribution in [2.45, 2.75) is 0 Å². The van der Waals surface area contributed by atoms with E-state index in [1.165, 1.54) is 12.2 Å². The second kappa shape index (κ2) is 5.47. The lowest BCUT2D eigenvalue weighted by Crippen LogP contribution is -1.87. The van der Waals surface area contributed by atoms with Crippen LogP contribution in [-0.4, -0.2) is 13.0 Å². The molecule has 0 spiro atoms. The van der Waals surface area contributed by atoms with Gasteiger partial charge in [0.15, 0.2) is 0 Å². The SMILES string of the molecule is COc1ccccc1/C=C/C(=O)N=[N+]=[N-]. The molecule has 0 fully saturated rings. The Kier molecular flexibility index (Phi) is 3.94. The van der Waals surface area contributed by atoms with Crippen LogP contribution in [0.25, 0.3) is 16.5 Å². The zero-order valence-corrected chi connectivity index (χ0v) is 8.12. The van der Waals surface area contributed by atoms with Crippen molar-refractivity contribution in [2.24, 2.45) is 5.11 Å². The monoisotopic (exact) mass is 203 g/mol. The molecule has 5 heteroatoms. The topological polar surface area (TPSA) is 75.1 Å². The Bertz CT molecular complexity index is 434. The number of hydrogen-bond acceptors (Lipinski definition) is 2. The summed E-state index contributed by atoms with van der Waals surface area (Å²) in [6.07, 6.45) is 2.73. The van der Waals surface area contributed by atoms with E-state index in [2.05, 4.69) is 10.0 Å². The highest BCUT2D eigenvalue weighted by Crippen LogP contribution is 2.18. The van der Waals surface area contributed by atoms with Crippen molar-refractivity contribution in [3.8, 4) is 5.75 Å². The summed E-state index contributed by atoms with van der Waals surface area (Å²) in [5.74, 6) is 0.0193. The van der Waals surface area contributed by atoms with Crippen LogP contribution in [0.2, 0.25) is 0 Å². The van der Waals surface area contributed by atoms with Crippen molar-refractivity contribution in [3.05, 3.63) is 46.3 Å². The van der Waals surface area contributed by atoms with Crippen molar-refractivity contribution in [1.29, 1.82) is 0 Å². The van der Waals surface area contributed by atoms with Gasteiger partial charge in [-0.2, -0.15) is 0 Å². The van der Waals surface area contributed by atoms with Gasteiger partial charge in [-0.3, -0.25) is 4.79 Å². The summed E-state index contributed by atoms with van der Waals surface area (Å²) in [7, 11) is 1.54. The number of para-hydroxylation sites is 1. The summed E-state index contributed by atoms with van der Waals surface area (Å²) in [5.41, 5.74) is 8.76. The lowest BCUT2D eigenvalue weighted by molar-refractivity contribution is -0.113. The van der Waals surface area contributed by atoms with Crippen LogP contribution in [0.3, 0.4) is 0 Å². The van der Waals surface area contributed by atoms with Crippen LogP contribution in [0.15, 0.2) is 35.5 Å². The van der Waals surface area contributed by atoms with Crippen LogP contribution in [0, 0.1) is 0 Å². The molecule has 0 heterocycles. The van der Waals surface area contributed by atoms with E-state index in [9.17, 15) is 4.79 Å². The largest absolute Gasteiger partial charge is 0.496 e. The molecule has 0 aliphatic heterocycles. The van der Waals surface area contributed by atoms with Gasteiger partial charge in [-0.25, -0.2) is 0 Å². The van der Waals surface area contributed by atoms with Crippen LogP contribution < -0.4 is 4.74 Å². The van der Waals surface area contributed by atoms with Gasteiger partial charge in [-0.05, 0) is 28.9 Å². The van der Waals surface area contributed by atoms with Crippen LogP contribution in [0.1, 0.15) is 5.56 Å². The number of carbonyl (C=O) groups excluding carboxylic acids is 1. The fraction of sp³-hybridized carbons (Fsp3) is 0.100. The van der Waals surface area contributed by atoms with E-state index in [1.54, 1.807) is 19.2 Å². The molecule has 0 radical (unpaired) electrons. The number of amides is 1. The molecule has 1 rings (SSSR count). The van der Waals surface area contributed by atoms with Crippen molar-refractivity contribution in [2.75, 3.05) is 7.11 Å². The van der Waals surface area contributed by atoms with E-state index in [0.29, 0.717) is 5.75 Å². The summed E-state index contributed by atoms with van der Waals surface area (Å²) < 4.78 is 5.07. The summed E-state index contributed by atoms with van der Waals surface area (Å²) >= 11 is 0. The molecular formula is C10H9N3O2. The standard InChI is InChI=1S/C10H9N3O2/c1-15-9-5-3-2-4-8(9)6-7-10(14)12-13-11/h2-7H,1H3/b7-6+. The second-order valence-corrected chi connectivity index (χ2v) is 2.60. The van der Waals surface area contributed by atoms with Crippen molar-refractivity contribution >= 4 is 12.0 Å². The molecule has 1 aromatic rings. The number of methoxy groups -OCH3 is 1. The molecular weight excluding hydrogens is 194 g/mol. The molecule has 0 bridgehead atoms. The third-order valence-electron chi connectivity index (χ3n) is 1.69. The predicted molar refractivity (Wildman–Crippen MR) is 56.2 cm³/mol. The van der Waals surface area contributed by atoms with E-state index in [-0.39, 0.29) is 0 Å². The molecule has 0 unspecified atom stereocenters. The highest BCUT2D eigenvalue weighted by Gasteiger charge is 1.97. The number of rotatable bonds is 3. The Morgan fingerprint density at radius 3 is 2.93 bits per heavy atom. The third-order valence-corrected chi connectivity index (χ3v) is 1.69. The normalized spacial score (nSPS) is 9.67. The minimum atomic E-state index is -0.636. The maximum atomic E-state index is 10.9. The number of nitrogens with zero attached hydrogens (tertiary/aromatic N) is 3. The third kappa shape index (κ3) is 3.17. The first-order chi connectivity index (χ1) is 7.27. The summed E-state index contributed by atoms with van der Waals surface area (Å²) in [6.45, 7) is 0. The Morgan fingerprint density at radius 1 is 1.53 bits per heavy atom. The van der Waals surface area contributed by atoms with Gasteiger partial charge in [0.2, 0.25) is 5.91 Å². The number of hydrogen-bond donors (Lipinski definition) is 0. The highest BCUT2D eigenvalue weighted by molar-refractivity contribution is 5.92. The van der Waals surface area contributed by atoms with Crippen LogP contribution >= 0.6 is 0 Å². The molecule has 1 amide bonds. The van der Waals surface area contributed by atoms with Crippen molar-refractivity contribution < 1.29 is 9.53 Å². The average Bonchev–Trinajstić information content (AvgIpc) is 2.27. The Labute approximate surface area is 86.6 Å². The van der Waals surface area contributed by atoms with Gasteiger partial charge in [0.05, 0.1) is 7.11 Å². The van der Waals surface area contributed by atoms with Gasteiger partial charge in [-0.15, -0.1) is 0 Å². The van der Waals surface area contributed by atoms with E-state index < -0.39 is 5.91 Å². The first kappa shape index (κ1) is 10.8. The van der Waals surface area contributed by atoms with Crippen molar-refractivity contribution in [3.63, 3.8) is 0 Å². The first-order valence-electron chi connectivity index (χ1n) is 4.18. The molecule has 0 N–H and O–H groups in total. The molecule has 0 aliphatic rings. The predicted octanol–water partition coefficient (Wildman–Crippen LogP) is 2.55. The Balaban J connectivity index is 2.88. The van der Waals surface area contributed by atoms with Crippen LogP contribution in [-0.2, 0) is 4.79 Å². The number of carbonyl (C=O) groups is 1. The first-order valence-corrected chi connectivity index (χ1v) is 4.18. The van der Waals surface area contributed by atoms with Crippen molar-refractivity contribution in [1.82, 2.24) is 0 Å². The molecule has 0 aromatic heterocycles. The fourth-order valence-electron chi connectivity index (χ4n) is 1.04. The maximum absolute atomic E-state index is 10.9. The molecule has 15 heavy (non-hydrogen) atoms. The van der Waals surface area contributed by atoms with Gasteiger partial charge in [0, 0.05) is 10.5 Å². The molecule has 76 valence electrons. The Morgan fingerprint density at radius 2 is 2.27 bits per heavy atom. The second-order valence-electron chi connectivity index (χ2n) is 2.60. The lowest BCUT2D eigenvalue weighted by atomic mass is 10.2. The maximum Gasteiger partial charge on any atom is 0.242 e. The zero-order valence-electron chi connectivity index (χ0n) is 8.12. The quantitative estimate of drug-likeness (QED) is 0.327. The number of azide groups is 1. The number of ether oxygens (including phenoxy) is 1. The van der Waals surface area contributed by atoms with Gasteiger partial charge in [-0.1, -0.05) is 18.2 Å². The smallest absolute Gasteiger partial charge is 0.242 e. The molecule has 0 saturated carbocycles. The van der Waals surface area contributed by atoms with Crippen LogP contribution in [0.5, 0.6) is 5.75 Å². The summed E-state index contributed by atoms with van der Waals surface area (Å²) in [6, 6.07) is 7.21. The Hall–Kier alpha value is -2.26. The average molecular weight is 203 g/mol. The van der Waals surface area contributed by atoms with Gasteiger partial charge >= 0.3 is 0 Å². The van der Waals surface area contributed by atoms with Crippen LogP contribution in [0.4, 0.5) is 0 Å². The number of benzene rings is 1. The van der Waals surface area contributed by atoms with Gasteiger partial charge < -0.3 is 4.74 Å². The summed E-state index contributed by atoms with van der Waals surface area (Å²) in [4.78, 5) is 13.3. The fourth-order valence-corrected chi connectivity index (χ4v) is 1.04. The molecule has 0 saturated heterocycles. The van der Waals surface area contributed by atoms with Gasteiger partial charge in [0.1, 0.15) is 5.75 Å². The summed E-state index contributed by atoms with van der Waals surface area (Å²) in [5, 5.41) is 2.91. The highest BCUT2D eigenvalue weighted by atomic mass is 16.5. The van der Waals surface area contributed by atoms with Gasteiger partial charge in [0.25, 0.3) is 0 Å². The van der Waals surface area contributed by atoms with E-state index in [4.69, 9.17) is 10.3 Å². The molecule has 0 aliphatic carbocycles. The minimum absolute atomic E-state index is 0.636. The molecule has 1 aromatic carbocycles. The lowest BCUT2D eigenvalue weighted by Gasteiger charge is -2.02. The minimum Gasteiger partial charge on any atom is -0.496 e. The zero-order chi connectivity index (χ0) is 11.1. The van der Waals surface area contributed by atoms with E-state index >= 15 is 0 Å².